The summed E-state index contributed by atoms with van der Waals surface area (Å²) in [5, 5.41) is 9.48. The van der Waals surface area contributed by atoms with E-state index in [-0.39, 0.29) is 27.7 Å². The molecule has 1 N–H and O–H groups in total. The molecule has 1 aliphatic heterocycles. The molecule has 1 saturated heterocycles. The molecule has 0 aromatic heterocycles. The fraction of sp³-hybridized carbons (Fsp3) is 0.500. The Balaban J connectivity index is 2.40. The molecule has 5 nitrogen and oxygen atoms in total. The van der Waals surface area contributed by atoms with Crippen LogP contribution in [0.15, 0.2) is 17.0 Å². The molecule has 2 rings (SSSR count). The highest BCUT2D eigenvalue weighted by Gasteiger charge is 2.34. The number of halogens is 2. The lowest BCUT2D eigenvalue weighted by atomic mass is 10.2. The van der Waals surface area contributed by atoms with Crippen LogP contribution in [0.4, 0.5) is 0 Å². The number of sulfonamides is 1. The van der Waals surface area contributed by atoms with Gasteiger partial charge in [-0.25, -0.2) is 8.42 Å². The van der Waals surface area contributed by atoms with Gasteiger partial charge in [-0.15, -0.1) is 0 Å². The van der Waals surface area contributed by atoms with E-state index in [4.69, 9.17) is 27.9 Å². The number of rotatable bonds is 4. The normalized spacial score (nSPS) is 20.5. The molecule has 0 spiro atoms. The van der Waals surface area contributed by atoms with E-state index in [9.17, 15) is 13.5 Å². The highest BCUT2D eigenvalue weighted by atomic mass is 35.5. The standard InChI is InChI=1S/C12H15Cl2NO4S/c1-19-9-2-3-15(6-9)20(17,18)12-4-8(7-16)10(13)5-11(12)14/h4-5,9,16H,2-3,6-7H2,1H3. The largest absolute Gasteiger partial charge is 0.392 e. The van der Waals surface area contributed by atoms with E-state index in [1.807, 2.05) is 0 Å². The van der Waals surface area contributed by atoms with Gasteiger partial charge in [0.05, 0.1) is 17.7 Å². The van der Waals surface area contributed by atoms with E-state index in [0.29, 0.717) is 25.1 Å². The highest BCUT2D eigenvalue weighted by molar-refractivity contribution is 7.89. The smallest absolute Gasteiger partial charge is 0.244 e. The lowest BCUT2D eigenvalue weighted by molar-refractivity contribution is 0.115. The lowest BCUT2D eigenvalue weighted by Crippen LogP contribution is -2.30. The third-order valence-corrected chi connectivity index (χ3v) is 6.01. The van der Waals surface area contributed by atoms with Gasteiger partial charge in [0.15, 0.2) is 0 Å². The van der Waals surface area contributed by atoms with Gasteiger partial charge >= 0.3 is 0 Å². The van der Waals surface area contributed by atoms with Gasteiger partial charge in [-0.05, 0) is 24.1 Å². The Hall–Kier alpha value is -0.370. The second kappa shape index (κ2) is 6.17. The molecule has 1 unspecified atom stereocenters. The zero-order valence-corrected chi connectivity index (χ0v) is 13.2. The summed E-state index contributed by atoms with van der Waals surface area (Å²) in [4.78, 5) is -0.0376. The van der Waals surface area contributed by atoms with Crippen molar-refractivity contribution < 1.29 is 18.3 Å². The van der Waals surface area contributed by atoms with Crippen LogP contribution in [-0.2, 0) is 21.4 Å². The predicted octanol–water partition coefficient (Wildman–Crippen LogP) is 1.90. The Morgan fingerprint density at radius 1 is 1.40 bits per heavy atom. The van der Waals surface area contributed by atoms with E-state index in [1.54, 1.807) is 7.11 Å². The van der Waals surface area contributed by atoms with E-state index >= 15 is 0 Å². The van der Waals surface area contributed by atoms with E-state index in [1.165, 1.54) is 16.4 Å². The van der Waals surface area contributed by atoms with Gasteiger partial charge in [0.2, 0.25) is 10.0 Å². The van der Waals surface area contributed by atoms with Crippen molar-refractivity contribution >= 4 is 33.2 Å². The molecule has 0 bridgehead atoms. The number of aliphatic hydroxyl groups excluding tert-OH is 1. The monoisotopic (exact) mass is 339 g/mol. The Morgan fingerprint density at radius 3 is 2.65 bits per heavy atom. The molecule has 20 heavy (non-hydrogen) atoms. The summed E-state index contributed by atoms with van der Waals surface area (Å²) in [6, 6.07) is 2.66. The van der Waals surface area contributed by atoms with Crippen LogP contribution in [-0.4, -0.2) is 44.1 Å². The average Bonchev–Trinajstić information content (AvgIpc) is 2.88. The molecule has 0 amide bonds. The number of hydrogen-bond acceptors (Lipinski definition) is 4. The number of aliphatic hydroxyl groups is 1. The van der Waals surface area contributed by atoms with Gasteiger partial charge in [0.1, 0.15) is 4.90 Å². The molecule has 1 aromatic carbocycles. The number of ether oxygens (including phenoxy) is 1. The van der Waals surface area contributed by atoms with E-state index < -0.39 is 10.0 Å². The fourth-order valence-corrected chi connectivity index (χ4v) is 4.46. The van der Waals surface area contributed by atoms with E-state index in [2.05, 4.69) is 0 Å². The Morgan fingerprint density at radius 2 is 2.10 bits per heavy atom. The first-order chi connectivity index (χ1) is 9.40. The number of methoxy groups -OCH3 is 1. The quantitative estimate of drug-likeness (QED) is 0.909. The van der Waals surface area contributed by atoms with Crippen LogP contribution in [0.5, 0.6) is 0 Å². The molecule has 0 aliphatic carbocycles. The summed E-state index contributed by atoms with van der Waals surface area (Å²) in [7, 11) is -2.15. The molecule has 0 radical (unpaired) electrons. The molecule has 1 aliphatic rings. The third kappa shape index (κ3) is 2.95. The average molecular weight is 340 g/mol. The Labute approximate surface area is 128 Å². The van der Waals surface area contributed by atoms with Crippen LogP contribution in [0.2, 0.25) is 10.0 Å². The van der Waals surface area contributed by atoms with Crippen LogP contribution in [0.25, 0.3) is 0 Å². The van der Waals surface area contributed by atoms with Crippen molar-refractivity contribution in [3.8, 4) is 0 Å². The minimum Gasteiger partial charge on any atom is -0.392 e. The summed E-state index contributed by atoms with van der Waals surface area (Å²) in [5.74, 6) is 0. The minimum absolute atomic E-state index is 0.0376. The maximum Gasteiger partial charge on any atom is 0.244 e. The maximum absolute atomic E-state index is 12.6. The predicted molar refractivity (Wildman–Crippen MR) is 76.6 cm³/mol. The first-order valence-corrected chi connectivity index (χ1v) is 8.21. The van der Waals surface area contributed by atoms with Gasteiger partial charge in [-0.1, -0.05) is 23.2 Å². The second-order valence-corrected chi connectivity index (χ2v) is 7.26. The molecular weight excluding hydrogens is 325 g/mol. The maximum atomic E-state index is 12.6. The van der Waals surface area contributed by atoms with Crippen molar-refractivity contribution in [1.82, 2.24) is 4.31 Å². The number of nitrogens with zero attached hydrogens (tertiary/aromatic N) is 1. The highest BCUT2D eigenvalue weighted by Crippen LogP contribution is 2.32. The van der Waals surface area contributed by atoms with Gasteiger partial charge in [0, 0.05) is 25.2 Å². The topological polar surface area (TPSA) is 66.8 Å². The first-order valence-electron chi connectivity index (χ1n) is 6.02. The SMILES string of the molecule is COC1CCN(S(=O)(=O)c2cc(CO)c(Cl)cc2Cl)C1. The molecule has 1 aromatic rings. The summed E-state index contributed by atoms with van der Waals surface area (Å²) in [5.41, 5.74) is 0.331. The first kappa shape index (κ1) is 16.0. The Bertz CT molecular complexity index is 606. The van der Waals surface area contributed by atoms with Crippen molar-refractivity contribution in [3.63, 3.8) is 0 Å². The van der Waals surface area contributed by atoms with Crippen LogP contribution in [0.1, 0.15) is 12.0 Å². The van der Waals surface area contributed by atoms with Gasteiger partial charge < -0.3 is 9.84 Å². The van der Waals surface area contributed by atoms with Crippen LogP contribution in [0, 0.1) is 0 Å². The summed E-state index contributed by atoms with van der Waals surface area (Å²) >= 11 is 11.9. The molecule has 8 heteroatoms. The molecular formula is C12H15Cl2NO4S. The Kier molecular flexibility index (Phi) is 4.94. The van der Waals surface area contributed by atoms with Crippen LogP contribution >= 0.6 is 23.2 Å². The van der Waals surface area contributed by atoms with Gasteiger partial charge in [0.25, 0.3) is 0 Å². The molecule has 0 saturated carbocycles. The van der Waals surface area contributed by atoms with Gasteiger partial charge in [-0.3, -0.25) is 0 Å². The molecule has 1 atom stereocenters. The lowest BCUT2D eigenvalue weighted by Gasteiger charge is -2.18. The van der Waals surface area contributed by atoms with Crippen LogP contribution in [0.3, 0.4) is 0 Å². The number of hydrogen-bond donors (Lipinski definition) is 1. The number of benzene rings is 1. The zero-order chi connectivity index (χ0) is 14.9. The second-order valence-electron chi connectivity index (χ2n) is 4.54. The van der Waals surface area contributed by atoms with Crippen molar-refractivity contribution in [2.45, 2.75) is 24.0 Å². The molecule has 112 valence electrons. The van der Waals surface area contributed by atoms with Crippen molar-refractivity contribution in [2.75, 3.05) is 20.2 Å². The van der Waals surface area contributed by atoms with Crippen molar-refractivity contribution in [1.29, 1.82) is 0 Å². The zero-order valence-electron chi connectivity index (χ0n) is 10.8. The minimum atomic E-state index is -3.71. The molecule has 1 fully saturated rings. The van der Waals surface area contributed by atoms with Crippen molar-refractivity contribution in [2.24, 2.45) is 0 Å². The third-order valence-electron chi connectivity index (χ3n) is 3.33. The fourth-order valence-electron chi connectivity index (χ4n) is 2.14. The van der Waals surface area contributed by atoms with Crippen molar-refractivity contribution in [3.05, 3.63) is 27.7 Å². The summed E-state index contributed by atoms with van der Waals surface area (Å²) in [6.07, 6.45) is 0.543. The summed E-state index contributed by atoms with van der Waals surface area (Å²) < 4.78 is 31.6. The molecule has 1 heterocycles. The summed E-state index contributed by atoms with van der Waals surface area (Å²) in [6.45, 7) is 0.333. The van der Waals surface area contributed by atoms with Crippen LogP contribution < -0.4 is 0 Å². The van der Waals surface area contributed by atoms with E-state index in [0.717, 1.165) is 0 Å². The van der Waals surface area contributed by atoms with Gasteiger partial charge in [-0.2, -0.15) is 4.31 Å².